The Morgan fingerprint density at radius 2 is 0.838 bits per heavy atom. The van der Waals surface area contributed by atoms with E-state index in [1.54, 1.807) is 0 Å². The maximum Gasteiger partial charge on any atom is 0.0717 e. The average Bonchev–Trinajstić information content (AvgIpc) is 2.95. The zero-order valence-electron chi connectivity index (χ0n) is 23.7. The Hall–Kier alpha value is -2.48. The molecule has 2 heterocycles. The molecule has 1 aromatic carbocycles. The van der Waals surface area contributed by atoms with Crippen molar-refractivity contribution in [1.82, 2.24) is 9.97 Å². The zero-order valence-corrected chi connectivity index (χ0v) is 23.7. The normalized spacial score (nSPS) is 11.2. The molecule has 37 heavy (non-hydrogen) atoms. The van der Waals surface area contributed by atoms with E-state index >= 15 is 0 Å². The van der Waals surface area contributed by atoms with Crippen molar-refractivity contribution in [2.24, 2.45) is 0 Å². The second kappa shape index (κ2) is 17.9. The van der Waals surface area contributed by atoms with Crippen LogP contribution in [0.25, 0.3) is 22.5 Å². The SMILES string of the molecule is CCCCCCCCCCCc1ccc(-c2ccc(-c3ccc(CCCCCCCC)cc3)nc2)nc1. The number of aromatic nitrogens is 2. The van der Waals surface area contributed by atoms with Crippen LogP contribution in [0.5, 0.6) is 0 Å². The third-order valence-electron chi connectivity index (χ3n) is 7.52. The van der Waals surface area contributed by atoms with Crippen LogP contribution in [-0.4, -0.2) is 9.97 Å². The number of rotatable bonds is 19. The Morgan fingerprint density at radius 3 is 1.35 bits per heavy atom. The Labute approximate surface area is 227 Å². The minimum absolute atomic E-state index is 1.00. The smallest absolute Gasteiger partial charge is 0.0717 e. The molecule has 2 heteroatoms. The van der Waals surface area contributed by atoms with Gasteiger partial charge in [0.1, 0.15) is 0 Å². The molecule has 0 fully saturated rings. The van der Waals surface area contributed by atoms with Gasteiger partial charge in [-0.2, -0.15) is 0 Å². The molecule has 0 aliphatic rings. The first-order valence-electron chi connectivity index (χ1n) is 15.3. The number of nitrogens with zero attached hydrogens (tertiary/aromatic N) is 2. The standard InChI is InChI=1S/C35H50N2/c1-3-5-7-9-11-12-13-15-17-19-31-22-26-35(36-28-31)33-25-27-34(37-29-33)32-23-20-30(21-24-32)18-16-14-10-8-6-4-2/h20-29H,3-19H2,1-2H3. The van der Waals surface area contributed by atoms with Gasteiger partial charge in [0.05, 0.1) is 11.4 Å². The van der Waals surface area contributed by atoms with Crippen LogP contribution in [0, 0.1) is 0 Å². The predicted octanol–water partition coefficient (Wildman–Crippen LogP) is 10.8. The van der Waals surface area contributed by atoms with Gasteiger partial charge in [0.2, 0.25) is 0 Å². The highest BCUT2D eigenvalue weighted by Gasteiger charge is 2.04. The molecule has 0 aliphatic heterocycles. The molecule has 3 aromatic rings. The van der Waals surface area contributed by atoms with E-state index in [-0.39, 0.29) is 0 Å². The molecule has 0 radical (unpaired) electrons. The van der Waals surface area contributed by atoms with Crippen LogP contribution in [0.3, 0.4) is 0 Å². The molecule has 200 valence electrons. The molecule has 0 saturated carbocycles. The zero-order chi connectivity index (χ0) is 26.0. The van der Waals surface area contributed by atoms with Crippen molar-refractivity contribution < 1.29 is 0 Å². The maximum absolute atomic E-state index is 4.74. The molecule has 0 spiro atoms. The van der Waals surface area contributed by atoms with Crippen LogP contribution in [0.15, 0.2) is 60.9 Å². The Morgan fingerprint density at radius 1 is 0.405 bits per heavy atom. The summed E-state index contributed by atoms with van der Waals surface area (Å²) in [6, 6.07) is 17.6. The van der Waals surface area contributed by atoms with Gasteiger partial charge in [0.25, 0.3) is 0 Å². The number of benzene rings is 1. The highest BCUT2D eigenvalue weighted by molar-refractivity contribution is 5.64. The van der Waals surface area contributed by atoms with Crippen molar-refractivity contribution in [2.75, 3.05) is 0 Å². The Balaban J connectivity index is 1.39. The van der Waals surface area contributed by atoms with E-state index in [2.05, 4.69) is 68.6 Å². The minimum atomic E-state index is 1.00. The van der Waals surface area contributed by atoms with Crippen molar-refractivity contribution >= 4 is 0 Å². The van der Waals surface area contributed by atoms with Crippen LogP contribution >= 0.6 is 0 Å². The van der Waals surface area contributed by atoms with Crippen molar-refractivity contribution in [1.29, 1.82) is 0 Å². The summed E-state index contributed by atoms with van der Waals surface area (Å²) in [7, 11) is 0. The number of hydrogen-bond acceptors (Lipinski definition) is 2. The van der Waals surface area contributed by atoms with Crippen LogP contribution in [0.2, 0.25) is 0 Å². The summed E-state index contributed by atoms with van der Waals surface area (Å²) in [6.45, 7) is 4.56. The van der Waals surface area contributed by atoms with Gasteiger partial charge in [-0.3, -0.25) is 9.97 Å². The number of hydrogen-bond donors (Lipinski definition) is 0. The average molecular weight is 499 g/mol. The van der Waals surface area contributed by atoms with Crippen LogP contribution in [0.4, 0.5) is 0 Å². The second-order valence-electron chi connectivity index (χ2n) is 10.8. The molecule has 0 saturated heterocycles. The Bertz CT molecular complexity index is 958. The van der Waals surface area contributed by atoms with E-state index in [0.29, 0.717) is 0 Å². The van der Waals surface area contributed by atoms with E-state index in [1.807, 2.05) is 6.20 Å². The van der Waals surface area contributed by atoms with E-state index < -0.39 is 0 Å². The van der Waals surface area contributed by atoms with Gasteiger partial charge in [-0.05, 0) is 55.0 Å². The molecule has 0 aliphatic carbocycles. The lowest BCUT2D eigenvalue weighted by Crippen LogP contribution is -1.91. The van der Waals surface area contributed by atoms with Gasteiger partial charge in [-0.25, -0.2) is 0 Å². The van der Waals surface area contributed by atoms with Gasteiger partial charge < -0.3 is 0 Å². The topological polar surface area (TPSA) is 25.8 Å². The number of aryl methyl sites for hydroxylation is 2. The summed E-state index contributed by atoms with van der Waals surface area (Å²) < 4.78 is 0. The van der Waals surface area contributed by atoms with Gasteiger partial charge in [-0.1, -0.05) is 128 Å². The summed E-state index contributed by atoms with van der Waals surface area (Å²) >= 11 is 0. The van der Waals surface area contributed by atoms with Gasteiger partial charge in [-0.15, -0.1) is 0 Å². The summed E-state index contributed by atoms with van der Waals surface area (Å²) in [5, 5.41) is 0. The molecular formula is C35H50N2. The highest BCUT2D eigenvalue weighted by atomic mass is 14.7. The summed E-state index contributed by atoms with van der Waals surface area (Å²) in [5.74, 6) is 0. The molecule has 0 bridgehead atoms. The molecule has 0 amide bonds. The van der Waals surface area contributed by atoms with Gasteiger partial charge in [0.15, 0.2) is 0 Å². The van der Waals surface area contributed by atoms with Crippen LogP contribution in [-0.2, 0) is 12.8 Å². The van der Waals surface area contributed by atoms with E-state index in [1.165, 1.54) is 119 Å². The molecule has 2 nitrogen and oxygen atoms in total. The Kier molecular flexibility index (Phi) is 14.1. The van der Waals surface area contributed by atoms with Crippen LogP contribution < -0.4 is 0 Å². The van der Waals surface area contributed by atoms with Crippen molar-refractivity contribution in [3.8, 4) is 22.5 Å². The molecule has 2 aromatic heterocycles. The molecule has 0 unspecified atom stereocenters. The predicted molar refractivity (Wildman–Crippen MR) is 161 cm³/mol. The minimum Gasteiger partial charge on any atom is -0.256 e. The van der Waals surface area contributed by atoms with Crippen molar-refractivity contribution in [2.45, 2.75) is 123 Å². The molecule has 0 atom stereocenters. The second-order valence-corrected chi connectivity index (χ2v) is 10.8. The molecular weight excluding hydrogens is 448 g/mol. The van der Waals surface area contributed by atoms with E-state index in [0.717, 1.165) is 23.4 Å². The number of pyridine rings is 2. The van der Waals surface area contributed by atoms with E-state index in [4.69, 9.17) is 9.97 Å². The monoisotopic (exact) mass is 498 g/mol. The van der Waals surface area contributed by atoms with Crippen molar-refractivity contribution in [3.63, 3.8) is 0 Å². The maximum atomic E-state index is 4.74. The van der Waals surface area contributed by atoms with Gasteiger partial charge in [0, 0.05) is 23.5 Å². The fourth-order valence-corrected chi connectivity index (χ4v) is 5.05. The third kappa shape index (κ3) is 11.2. The largest absolute Gasteiger partial charge is 0.256 e. The first kappa shape index (κ1) is 29.1. The molecule has 0 N–H and O–H groups in total. The summed E-state index contributed by atoms with van der Waals surface area (Å²) in [5.41, 5.74) is 7.07. The third-order valence-corrected chi connectivity index (χ3v) is 7.52. The highest BCUT2D eigenvalue weighted by Crippen LogP contribution is 2.23. The van der Waals surface area contributed by atoms with Crippen molar-refractivity contribution in [3.05, 3.63) is 72.1 Å². The first-order chi connectivity index (χ1) is 18.3. The molecule has 3 rings (SSSR count). The fourth-order valence-electron chi connectivity index (χ4n) is 5.05. The lowest BCUT2D eigenvalue weighted by molar-refractivity contribution is 0.564. The van der Waals surface area contributed by atoms with Crippen LogP contribution in [0.1, 0.15) is 121 Å². The lowest BCUT2D eigenvalue weighted by Gasteiger charge is -2.07. The first-order valence-corrected chi connectivity index (χ1v) is 15.3. The van der Waals surface area contributed by atoms with Gasteiger partial charge >= 0.3 is 0 Å². The lowest BCUT2D eigenvalue weighted by atomic mass is 10.0. The summed E-state index contributed by atoms with van der Waals surface area (Å²) in [6.07, 6.45) is 26.8. The quantitative estimate of drug-likeness (QED) is 0.154. The summed E-state index contributed by atoms with van der Waals surface area (Å²) in [4.78, 5) is 9.47. The van der Waals surface area contributed by atoms with E-state index in [9.17, 15) is 0 Å². The fraction of sp³-hybridized carbons (Fsp3) is 0.543. The number of unbranched alkanes of at least 4 members (excludes halogenated alkanes) is 13.